The first kappa shape index (κ1) is 18.5. The van der Waals surface area contributed by atoms with Crippen molar-refractivity contribution in [3.05, 3.63) is 47.5 Å². The first-order chi connectivity index (χ1) is 11.2. The van der Waals surface area contributed by atoms with Crippen LogP contribution in [-0.4, -0.2) is 6.61 Å². The van der Waals surface area contributed by atoms with Crippen LogP contribution in [0, 0.1) is 0 Å². The zero-order valence-electron chi connectivity index (χ0n) is 14.0. The van der Waals surface area contributed by atoms with Crippen LogP contribution in [0.4, 0.5) is 0 Å². The summed E-state index contributed by atoms with van der Waals surface area (Å²) < 4.78 is 7.20. The van der Waals surface area contributed by atoms with Crippen LogP contribution in [-0.2, 0) is 18.3 Å². The fourth-order valence-corrected chi connectivity index (χ4v) is 3.35. The fourth-order valence-electron chi connectivity index (χ4n) is 2.58. The Bertz CT molecular complexity index is 595. The number of rotatable bonds is 9. The van der Waals surface area contributed by atoms with E-state index in [2.05, 4.69) is 37.3 Å². The second-order valence-electron chi connectivity index (χ2n) is 5.95. The van der Waals surface area contributed by atoms with Crippen LogP contribution >= 0.6 is 11.6 Å². The zero-order chi connectivity index (χ0) is 16.5. The molecule has 0 heterocycles. The third kappa shape index (κ3) is 6.28. The Labute approximate surface area is 155 Å². The molecule has 0 aliphatic rings. The summed E-state index contributed by atoms with van der Waals surface area (Å²) in [7, 11) is 0. The van der Waals surface area contributed by atoms with E-state index in [9.17, 15) is 0 Å². The summed E-state index contributed by atoms with van der Waals surface area (Å²) in [6.07, 6.45) is 7.66. The third-order valence-electron chi connectivity index (χ3n) is 3.97. The predicted octanol–water partition coefficient (Wildman–Crippen LogP) is 5.92. The summed E-state index contributed by atoms with van der Waals surface area (Å²) in [6.45, 7) is 3.02. The number of halogens is 1. The van der Waals surface area contributed by atoms with Gasteiger partial charge in [-0.15, -0.1) is 0 Å². The van der Waals surface area contributed by atoms with Crippen LogP contribution in [0.3, 0.4) is 0 Å². The Kier molecular flexibility index (Phi) is 8.13. The van der Waals surface area contributed by atoms with Gasteiger partial charge in [0.05, 0.1) is 0 Å². The molecule has 2 aromatic carbocycles. The summed E-state index contributed by atoms with van der Waals surface area (Å²) in [5.41, 5.74) is 2.23. The fraction of sp³-hybridized carbons (Fsp3) is 0.400. The van der Waals surface area contributed by atoms with E-state index in [0.29, 0.717) is 0 Å². The Morgan fingerprint density at radius 1 is 0.913 bits per heavy atom. The molecule has 3 heteroatoms. The molecule has 0 aliphatic heterocycles. The number of ether oxygens (including phenoxy) is 1. The topological polar surface area (TPSA) is 9.23 Å². The van der Waals surface area contributed by atoms with E-state index < -0.39 is 0 Å². The van der Waals surface area contributed by atoms with E-state index in [4.69, 9.17) is 16.3 Å². The molecule has 0 amide bonds. The molecule has 0 N–H and O–H groups in total. The molecule has 0 fully saturated rings. The molecule has 1 nitrogen and oxygen atoms in total. The summed E-state index contributed by atoms with van der Waals surface area (Å²) in [5, 5.41) is 0.755. The molecule has 0 atom stereocenters. The third-order valence-corrected chi connectivity index (χ3v) is 5.27. The van der Waals surface area contributed by atoms with Crippen molar-refractivity contribution in [2.75, 3.05) is 6.61 Å². The van der Waals surface area contributed by atoms with Crippen molar-refractivity contribution in [2.24, 2.45) is 0 Å². The Balaban J connectivity index is 1.83. The SMILES string of the molecule is CCCCCCCCOc1ccc(-c2cc[c]([Zn])cc2)c(Cl)c1. The van der Waals surface area contributed by atoms with E-state index >= 15 is 0 Å². The average molecular weight is 381 g/mol. The molecule has 0 spiro atoms. The van der Waals surface area contributed by atoms with Crippen molar-refractivity contribution in [3.8, 4) is 16.9 Å². The first-order valence-electron chi connectivity index (χ1n) is 8.55. The van der Waals surface area contributed by atoms with Gasteiger partial charge in [-0.3, -0.25) is 0 Å². The summed E-state index contributed by atoms with van der Waals surface area (Å²) in [5.74, 6) is 0.867. The number of benzene rings is 2. The summed E-state index contributed by atoms with van der Waals surface area (Å²) in [4.78, 5) is 0. The van der Waals surface area contributed by atoms with Crippen LogP contribution in [0.5, 0.6) is 5.75 Å². The van der Waals surface area contributed by atoms with Crippen molar-refractivity contribution in [2.45, 2.75) is 45.4 Å². The molecule has 0 unspecified atom stereocenters. The van der Waals surface area contributed by atoms with Crippen molar-refractivity contribution in [3.63, 3.8) is 0 Å². The van der Waals surface area contributed by atoms with Crippen LogP contribution in [0.2, 0.25) is 5.02 Å². The minimum absolute atomic E-state index is 0.755. The monoisotopic (exact) mass is 379 g/mol. The quantitative estimate of drug-likeness (QED) is 0.387. The van der Waals surface area contributed by atoms with Crippen LogP contribution in [0.25, 0.3) is 11.1 Å². The summed E-state index contributed by atoms with van der Waals surface area (Å²) >= 11 is 7.61. The average Bonchev–Trinajstić information content (AvgIpc) is 2.55. The second-order valence-corrected chi connectivity index (χ2v) is 8.08. The first-order valence-corrected chi connectivity index (χ1v) is 10.4. The van der Waals surface area contributed by atoms with Gasteiger partial charge in [0.2, 0.25) is 0 Å². The van der Waals surface area contributed by atoms with Gasteiger partial charge in [0.25, 0.3) is 0 Å². The van der Waals surface area contributed by atoms with Gasteiger partial charge in [0, 0.05) is 0 Å². The molecular formula is C20H24ClOZn. The van der Waals surface area contributed by atoms with Crippen LogP contribution < -0.4 is 8.89 Å². The van der Waals surface area contributed by atoms with Gasteiger partial charge in [0.1, 0.15) is 0 Å². The van der Waals surface area contributed by atoms with Gasteiger partial charge < -0.3 is 0 Å². The van der Waals surface area contributed by atoms with Gasteiger partial charge in [0.15, 0.2) is 0 Å². The van der Waals surface area contributed by atoms with Gasteiger partial charge in [-0.2, -0.15) is 0 Å². The van der Waals surface area contributed by atoms with Crippen LogP contribution in [0.15, 0.2) is 42.5 Å². The Morgan fingerprint density at radius 3 is 2.30 bits per heavy atom. The maximum atomic E-state index is 6.43. The van der Waals surface area contributed by atoms with Crippen molar-refractivity contribution >= 4 is 15.8 Å². The molecule has 0 radical (unpaired) electrons. The van der Waals surface area contributed by atoms with E-state index in [1.807, 2.05) is 12.1 Å². The van der Waals surface area contributed by atoms with Gasteiger partial charge in [-0.25, -0.2) is 0 Å². The maximum absolute atomic E-state index is 6.43. The van der Waals surface area contributed by atoms with Gasteiger partial charge in [-0.1, -0.05) is 32.6 Å². The molecule has 0 saturated heterocycles. The number of unbranched alkanes of at least 4 members (excludes halogenated alkanes) is 5. The van der Waals surface area contributed by atoms with E-state index in [1.165, 1.54) is 54.6 Å². The molecule has 2 aromatic rings. The van der Waals surface area contributed by atoms with E-state index in [0.717, 1.165) is 34.9 Å². The minimum atomic E-state index is 0.755. The van der Waals surface area contributed by atoms with Crippen molar-refractivity contribution in [1.82, 2.24) is 0 Å². The van der Waals surface area contributed by atoms with Crippen LogP contribution in [0.1, 0.15) is 45.4 Å². The van der Waals surface area contributed by atoms with Gasteiger partial charge in [-0.05, 0) is 0 Å². The molecule has 0 aromatic heterocycles. The predicted molar refractivity (Wildman–Crippen MR) is 95.4 cm³/mol. The zero-order valence-corrected chi connectivity index (χ0v) is 17.7. The number of hydrogen-bond acceptors (Lipinski definition) is 1. The normalized spacial score (nSPS) is 10.8. The Morgan fingerprint density at radius 2 is 1.61 bits per heavy atom. The molecule has 23 heavy (non-hydrogen) atoms. The standard InChI is InChI=1S/C20H24ClO.Zn/c1-2-3-4-5-6-10-15-22-18-13-14-19(20(21)16-18)17-11-8-7-9-12-17;/h8-9,11-14,16H,2-6,10,15H2,1H3;. The number of hydrogen-bond donors (Lipinski definition) is 0. The molecule has 119 valence electrons. The molecule has 2 rings (SSSR count). The second kappa shape index (κ2) is 10.1. The summed E-state index contributed by atoms with van der Waals surface area (Å²) in [6, 6.07) is 14.6. The molecule has 0 saturated carbocycles. The molecule has 0 bridgehead atoms. The van der Waals surface area contributed by atoms with Gasteiger partial charge >= 0.3 is 123 Å². The molecule has 0 aliphatic carbocycles. The Hall–Kier alpha value is -0.847. The van der Waals surface area contributed by atoms with E-state index in [-0.39, 0.29) is 0 Å². The molecular weight excluding hydrogens is 357 g/mol. The van der Waals surface area contributed by atoms with E-state index in [1.54, 1.807) is 0 Å². The van der Waals surface area contributed by atoms with Crippen molar-refractivity contribution in [1.29, 1.82) is 0 Å². The van der Waals surface area contributed by atoms with Crippen molar-refractivity contribution < 1.29 is 23.0 Å².